The molecule has 0 aliphatic carbocycles. The number of carbonyl (C=O) groups excluding carboxylic acids is 1. The zero-order valence-corrected chi connectivity index (χ0v) is 13.1. The number of benzene rings is 1. The second kappa shape index (κ2) is 5.47. The molecule has 2 rings (SSSR count). The van der Waals surface area contributed by atoms with Gasteiger partial charge in [-0.25, -0.2) is 4.39 Å². The van der Waals surface area contributed by atoms with E-state index >= 15 is 0 Å². The minimum absolute atomic E-state index is 0.00706. The summed E-state index contributed by atoms with van der Waals surface area (Å²) in [5.41, 5.74) is 0.470. The van der Waals surface area contributed by atoms with Crippen LogP contribution in [0.1, 0.15) is 39.2 Å². The van der Waals surface area contributed by atoms with E-state index in [0.29, 0.717) is 5.84 Å². The minimum Gasteiger partial charge on any atom is -0.398 e. The fourth-order valence-electron chi connectivity index (χ4n) is 2.80. The Bertz CT molecular complexity index is 561. The molecule has 0 spiro atoms. The van der Waals surface area contributed by atoms with E-state index in [4.69, 9.17) is 4.84 Å². The van der Waals surface area contributed by atoms with Crippen LogP contribution in [0.2, 0.25) is 0 Å². The van der Waals surface area contributed by atoms with Gasteiger partial charge in [0.2, 0.25) is 5.91 Å². The molecule has 5 heteroatoms. The van der Waals surface area contributed by atoms with E-state index in [1.807, 2.05) is 27.7 Å². The second-order valence-electron chi connectivity index (χ2n) is 6.29. The maximum atomic E-state index is 13.1. The molecule has 2 unspecified atom stereocenters. The summed E-state index contributed by atoms with van der Waals surface area (Å²) in [6, 6.07) is 6.19. The minimum atomic E-state index is -0.391. The zero-order chi connectivity index (χ0) is 15.8. The molecule has 1 aromatic carbocycles. The molecule has 0 aromatic heterocycles. The first-order chi connectivity index (χ1) is 9.77. The molecule has 1 fully saturated rings. The van der Waals surface area contributed by atoms with Crippen molar-refractivity contribution in [2.24, 2.45) is 11.1 Å². The summed E-state index contributed by atoms with van der Waals surface area (Å²) in [4.78, 5) is 19.2. The van der Waals surface area contributed by atoms with Crippen LogP contribution < -0.4 is 0 Å². The standard InChI is InChI=1S/C16H21FN2O2/c1-10-13(11-6-8-12(17)9-7-11)14(18-21-5)19(15(10)20)16(2,3)4/h6-10,13H,1-5H3. The average Bonchev–Trinajstić information content (AvgIpc) is 2.63. The third kappa shape index (κ3) is 2.77. The summed E-state index contributed by atoms with van der Waals surface area (Å²) in [6.07, 6.45) is 0. The number of hydrogen-bond acceptors (Lipinski definition) is 3. The van der Waals surface area contributed by atoms with E-state index in [1.54, 1.807) is 17.0 Å². The summed E-state index contributed by atoms with van der Waals surface area (Å²) in [5.74, 6) is -0.198. The van der Waals surface area contributed by atoms with E-state index in [9.17, 15) is 9.18 Å². The third-order valence-electron chi connectivity index (χ3n) is 3.70. The first-order valence-corrected chi connectivity index (χ1v) is 6.98. The van der Waals surface area contributed by atoms with Gasteiger partial charge in [0.25, 0.3) is 0 Å². The summed E-state index contributed by atoms with van der Waals surface area (Å²) < 4.78 is 13.1. The lowest BCUT2D eigenvalue weighted by molar-refractivity contribution is -0.132. The van der Waals surface area contributed by atoms with Crippen molar-refractivity contribution >= 4 is 11.7 Å². The normalized spacial score (nSPS) is 24.8. The van der Waals surface area contributed by atoms with Crippen LogP contribution in [0.15, 0.2) is 29.4 Å². The lowest BCUT2D eigenvalue weighted by Gasteiger charge is -2.32. The molecule has 0 bridgehead atoms. The van der Waals surface area contributed by atoms with E-state index < -0.39 is 5.54 Å². The maximum Gasteiger partial charge on any atom is 0.232 e. The first-order valence-electron chi connectivity index (χ1n) is 6.98. The Kier molecular flexibility index (Phi) is 4.03. The predicted octanol–water partition coefficient (Wildman–Crippen LogP) is 3.15. The molecule has 21 heavy (non-hydrogen) atoms. The van der Waals surface area contributed by atoms with E-state index in [2.05, 4.69) is 5.16 Å². The third-order valence-corrected chi connectivity index (χ3v) is 3.70. The van der Waals surface area contributed by atoms with E-state index in [1.165, 1.54) is 19.2 Å². The Labute approximate surface area is 124 Å². The fraction of sp³-hybridized carbons (Fsp3) is 0.500. The highest BCUT2D eigenvalue weighted by Crippen LogP contribution is 2.39. The molecule has 114 valence electrons. The quantitative estimate of drug-likeness (QED) is 0.786. The van der Waals surface area contributed by atoms with Crippen LogP contribution >= 0.6 is 0 Å². The molecular weight excluding hydrogens is 271 g/mol. The van der Waals surface area contributed by atoms with Crippen LogP contribution in [0.3, 0.4) is 0 Å². The highest BCUT2D eigenvalue weighted by molar-refractivity contribution is 6.10. The van der Waals surface area contributed by atoms with Crippen molar-refractivity contribution in [3.05, 3.63) is 35.6 Å². The summed E-state index contributed by atoms with van der Waals surface area (Å²) in [6.45, 7) is 7.73. The van der Waals surface area contributed by atoms with Gasteiger partial charge in [-0.3, -0.25) is 9.69 Å². The molecule has 0 N–H and O–H groups in total. The number of hydrogen-bond donors (Lipinski definition) is 0. The lowest BCUT2D eigenvalue weighted by Crippen LogP contribution is -2.46. The number of amides is 1. The van der Waals surface area contributed by atoms with Gasteiger partial charge in [-0.05, 0) is 38.5 Å². The molecule has 1 saturated heterocycles. The summed E-state index contributed by atoms with van der Waals surface area (Å²) in [7, 11) is 1.46. The van der Waals surface area contributed by atoms with Gasteiger partial charge in [0.1, 0.15) is 12.9 Å². The number of nitrogens with zero attached hydrogens (tertiary/aromatic N) is 2. The van der Waals surface area contributed by atoms with Crippen LogP contribution in [0.5, 0.6) is 0 Å². The second-order valence-corrected chi connectivity index (χ2v) is 6.29. The van der Waals surface area contributed by atoms with Crippen LogP contribution in [0, 0.1) is 11.7 Å². The number of likely N-dealkylation sites (tertiary alicyclic amines) is 1. The maximum absolute atomic E-state index is 13.1. The molecule has 1 heterocycles. The molecular formula is C16H21FN2O2. The van der Waals surface area contributed by atoms with Gasteiger partial charge in [-0.15, -0.1) is 0 Å². The summed E-state index contributed by atoms with van der Waals surface area (Å²) in [5, 5.41) is 4.08. The number of halogens is 1. The molecule has 1 aliphatic heterocycles. The smallest absolute Gasteiger partial charge is 0.232 e. The van der Waals surface area contributed by atoms with Gasteiger partial charge in [0.05, 0.1) is 5.92 Å². The van der Waals surface area contributed by atoms with Crippen LogP contribution in [-0.2, 0) is 9.63 Å². The van der Waals surface area contributed by atoms with Crippen molar-refractivity contribution in [3.8, 4) is 0 Å². The Morgan fingerprint density at radius 1 is 1.24 bits per heavy atom. The molecule has 1 amide bonds. The lowest BCUT2D eigenvalue weighted by atomic mass is 9.89. The van der Waals surface area contributed by atoms with Crippen LogP contribution in [-0.4, -0.2) is 29.3 Å². The van der Waals surface area contributed by atoms with Crippen molar-refractivity contribution in [1.82, 2.24) is 4.90 Å². The number of amidine groups is 1. The summed E-state index contributed by atoms with van der Waals surface area (Å²) >= 11 is 0. The number of carbonyl (C=O) groups is 1. The van der Waals surface area contributed by atoms with Crippen molar-refractivity contribution in [1.29, 1.82) is 0 Å². The fourth-order valence-corrected chi connectivity index (χ4v) is 2.80. The number of rotatable bonds is 2. The molecule has 4 nitrogen and oxygen atoms in total. The highest BCUT2D eigenvalue weighted by Gasteiger charge is 2.48. The van der Waals surface area contributed by atoms with Crippen molar-refractivity contribution < 1.29 is 14.0 Å². The topological polar surface area (TPSA) is 41.9 Å². The van der Waals surface area contributed by atoms with Gasteiger partial charge in [0.15, 0.2) is 5.84 Å². The van der Waals surface area contributed by atoms with Gasteiger partial charge < -0.3 is 4.84 Å². The Balaban J connectivity index is 2.51. The van der Waals surface area contributed by atoms with E-state index in [-0.39, 0.29) is 23.6 Å². The van der Waals surface area contributed by atoms with Crippen LogP contribution in [0.4, 0.5) is 4.39 Å². The molecule has 1 aromatic rings. The highest BCUT2D eigenvalue weighted by atomic mass is 19.1. The zero-order valence-electron chi connectivity index (χ0n) is 13.1. The Morgan fingerprint density at radius 2 is 1.81 bits per heavy atom. The monoisotopic (exact) mass is 292 g/mol. The van der Waals surface area contributed by atoms with Gasteiger partial charge >= 0.3 is 0 Å². The molecule has 1 aliphatic rings. The molecule has 0 saturated carbocycles. The SMILES string of the molecule is CON=C1C(c2ccc(F)cc2)C(C)C(=O)N1C(C)(C)C. The van der Waals surface area contributed by atoms with Gasteiger partial charge in [0, 0.05) is 11.5 Å². The molecule has 0 radical (unpaired) electrons. The van der Waals surface area contributed by atoms with Crippen molar-refractivity contribution in [3.63, 3.8) is 0 Å². The van der Waals surface area contributed by atoms with Crippen molar-refractivity contribution in [2.45, 2.75) is 39.2 Å². The van der Waals surface area contributed by atoms with Gasteiger partial charge in [-0.1, -0.05) is 24.2 Å². The van der Waals surface area contributed by atoms with Gasteiger partial charge in [-0.2, -0.15) is 0 Å². The molecule has 2 atom stereocenters. The Morgan fingerprint density at radius 3 is 2.29 bits per heavy atom. The van der Waals surface area contributed by atoms with Crippen LogP contribution in [0.25, 0.3) is 0 Å². The largest absolute Gasteiger partial charge is 0.398 e. The predicted molar refractivity (Wildman–Crippen MR) is 79.3 cm³/mol. The van der Waals surface area contributed by atoms with E-state index in [0.717, 1.165) is 5.56 Å². The van der Waals surface area contributed by atoms with Crippen molar-refractivity contribution in [2.75, 3.05) is 7.11 Å². The number of oxime groups is 1. The Hall–Kier alpha value is -1.91. The average molecular weight is 292 g/mol. The first kappa shape index (κ1) is 15.5.